The van der Waals surface area contributed by atoms with Gasteiger partial charge in [-0.3, -0.25) is 0 Å². The summed E-state index contributed by atoms with van der Waals surface area (Å²) in [5.74, 6) is -0.128. The Hall–Kier alpha value is -0.305. The summed E-state index contributed by atoms with van der Waals surface area (Å²) in [4.78, 5) is 0. The minimum atomic E-state index is -0.128. The third-order valence-corrected chi connectivity index (χ3v) is 2.05. The van der Waals surface area contributed by atoms with Crippen LogP contribution >= 0.6 is 15.9 Å². The van der Waals surface area contributed by atoms with Crippen molar-refractivity contribution in [3.8, 4) is 0 Å². The van der Waals surface area contributed by atoms with E-state index in [9.17, 15) is 4.39 Å². The van der Waals surface area contributed by atoms with Gasteiger partial charge in [0.15, 0.2) is 0 Å². The summed E-state index contributed by atoms with van der Waals surface area (Å²) < 4.78 is 12.8. The molecule has 0 aromatic heterocycles. The molecule has 52 valence electrons. The Balaban J connectivity index is 3.17. The molecule has 0 saturated heterocycles. The summed E-state index contributed by atoms with van der Waals surface area (Å²) in [7, 11) is 1.90. The molecule has 0 unspecified atom stereocenters. The second-order valence-electron chi connectivity index (χ2n) is 2.17. The van der Waals surface area contributed by atoms with E-state index in [0.717, 1.165) is 11.0 Å². The van der Waals surface area contributed by atoms with Gasteiger partial charge in [-0.15, -0.1) is 0 Å². The van der Waals surface area contributed by atoms with E-state index in [0.29, 0.717) is 5.33 Å². The molecular formula is C7H7BBrF. The van der Waals surface area contributed by atoms with E-state index in [4.69, 9.17) is 0 Å². The summed E-state index contributed by atoms with van der Waals surface area (Å²) in [6.07, 6.45) is 0. The van der Waals surface area contributed by atoms with Gasteiger partial charge in [0.2, 0.25) is 0 Å². The van der Waals surface area contributed by atoms with Crippen LogP contribution in [-0.4, -0.2) is 7.85 Å². The van der Waals surface area contributed by atoms with E-state index < -0.39 is 0 Å². The normalized spacial score (nSPS) is 9.80. The van der Waals surface area contributed by atoms with Crippen molar-refractivity contribution in [2.75, 3.05) is 0 Å². The maximum absolute atomic E-state index is 12.8. The highest BCUT2D eigenvalue weighted by atomic mass is 79.9. The fourth-order valence-electron chi connectivity index (χ4n) is 0.836. The Morgan fingerprint density at radius 3 is 2.60 bits per heavy atom. The predicted octanol–water partition coefficient (Wildman–Crippen LogP) is 0.979. The molecule has 0 heterocycles. The molecule has 0 nitrogen and oxygen atoms in total. The number of halogens is 2. The molecule has 0 aliphatic rings. The van der Waals surface area contributed by atoms with Gasteiger partial charge in [0.1, 0.15) is 13.7 Å². The molecule has 1 aromatic carbocycles. The zero-order valence-electron chi connectivity index (χ0n) is 5.70. The molecule has 0 saturated carbocycles. The quantitative estimate of drug-likeness (QED) is 0.469. The van der Waals surface area contributed by atoms with Gasteiger partial charge in [-0.1, -0.05) is 33.5 Å². The zero-order valence-corrected chi connectivity index (χ0v) is 7.28. The average molecular weight is 201 g/mol. The van der Waals surface area contributed by atoms with Crippen LogP contribution in [0.15, 0.2) is 18.2 Å². The molecule has 0 aliphatic heterocycles. The summed E-state index contributed by atoms with van der Waals surface area (Å²) in [6.45, 7) is 0. The zero-order chi connectivity index (χ0) is 7.56. The number of benzene rings is 1. The highest BCUT2D eigenvalue weighted by Gasteiger charge is 2.00. The molecule has 10 heavy (non-hydrogen) atoms. The first kappa shape index (κ1) is 7.80. The summed E-state index contributed by atoms with van der Waals surface area (Å²) >= 11 is 3.22. The van der Waals surface area contributed by atoms with Crippen molar-refractivity contribution in [3.63, 3.8) is 0 Å². The van der Waals surface area contributed by atoms with Crippen LogP contribution in [0.5, 0.6) is 0 Å². The van der Waals surface area contributed by atoms with Gasteiger partial charge in [0.05, 0.1) is 0 Å². The second-order valence-corrected chi connectivity index (χ2v) is 2.73. The third-order valence-electron chi connectivity index (χ3n) is 1.49. The average Bonchev–Trinajstić information content (AvgIpc) is 1.88. The molecule has 0 amide bonds. The number of alkyl halides is 1. The first-order chi connectivity index (χ1) is 4.75. The minimum absolute atomic E-state index is 0.128. The van der Waals surface area contributed by atoms with Crippen molar-refractivity contribution in [3.05, 3.63) is 29.6 Å². The largest absolute Gasteiger partial charge is 0.207 e. The molecule has 0 fully saturated rings. The van der Waals surface area contributed by atoms with Crippen LogP contribution in [0.2, 0.25) is 0 Å². The lowest BCUT2D eigenvalue weighted by Gasteiger charge is -2.01. The van der Waals surface area contributed by atoms with Gasteiger partial charge in [-0.2, -0.15) is 0 Å². The first-order valence-electron chi connectivity index (χ1n) is 3.05. The maximum Gasteiger partial charge on any atom is 0.139 e. The van der Waals surface area contributed by atoms with Crippen molar-refractivity contribution in [1.82, 2.24) is 0 Å². The lowest BCUT2D eigenvalue weighted by Crippen LogP contribution is -2.10. The molecule has 1 aromatic rings. The fraction of sp³-hybridized carbons (Fsp3) is 0.143. The molecule has 0 radical (unpaired) electrons. The van der Waals surface area contributed by atoms with Crippen molar-refractivity contribution >= 4 is 29.2 Å². The predicted molar refractivity (Wildman–Crippen MR) is 47.2 cm³/mol. The Morgan fingerprint density at radius 1 is 1.50 bits per heavy atom. The molecule has 3 heteroatoms. The molecule has 0 aliphatic carbocycles. The van der Waals surface area contributed by atoms with E-state index in [-0.39, 0.29) is 5.82 Å². The van der Waals surface area contributed by atoms with Crippen LogP contribution in [0.25, 0.3) is 0 Å². The van der Waals surface area contributed by atoms with Gasteiger partial charge in [-0.05, 0) is 11.6 Å². The molecule has 1 rings (SSSR count). The molecular weight excluding hydrogens is 194 g/mol. The SMILES string of the molecule is Bc1cccc(F)c1CBr. The lowest BCUT2D eigenvalue weighted by molar-refractivity contribution is 0.619. The monoisotopic (exact) mass is 200 g/mol. The van der Waals surface area contributed by atoms with Crippen molar-refractivity contribution in [1.29, 1.82) is 0 Å². The number of hydrogen-bond donors (Lipinski definition) is 0. The van der Waals surface area contributed by atoms with Crippen molar-refractivity contribution in [2.24, 2.45) is 0 Å². The molecule has 0 atom stereocenters. The van der Waals surface area contributed by atoms with Gasteiger partial charge < -0.3 is 0 Å². The van der Waals surface area contributed by atoms with Crippen LogP contribution in [0, 0.1) is 5.82 Å². The summed E-state index contributed by atoms with van der Waals surface area (Å²) in [5, 5.41) is 0.589. The maximum atomic E-state index is 12.8. The van der Waals surface area contributed by atoms with Crippen LogP contribution < -0.4 is 5.46 Å². The first-order valence-corrected chi connectivity index (χ1v) is 4.18. The molecule has 0 spiro atoms. The number of hydrogen-bond acceptors (Lipinski definition) is 0. The van der Waals surface area contributed by atoms with Crippen LogP contribution in [0.3, 0.4) is 0 Å². The van der Waals surface area contributed by atoms with Crippen LogP contribution in [-0.2, 0) is 5.33 Å². The minimum Gasteiger partial charge on any atom is -0.207 e. The van der Waals surface area contributed by atoms with Crippen molar-refractivity contribution in [2.45, 2.75) is 5.33 Å². The van der Waals surface area contributed by atoms with Crippen LogP contribution in [0.4, 0.5) is 4.39 Å². The fourth-order valence-corrected chi connectivity index (χ4v) is 1.55. The summed E-state index contributed by atoms with van der Waals surface area (Å²) in [6, 6.07) is 5.10. The van der Waals surface area contributed by atoms with Gasteiger partial charge in [0, 0.05) is 5.33 Å². The van der Waals surface area contributed by atoms with Gasteiger partial charge in [0.25, 0.3) is 0 Å². The second kappa shape index (κ2) is 3.19. The lowest BCUT2D eigenvalue weighted by atomic mass is 9.91. The Bertz CT molecular complexity index is 217. The highest BCUT2D eigenvalue weighted by molar-refractivity contribution is 9.08. The number of rotatable bonds is 1. The Kier molecular flexibility index (Phi) is 2.49. The van der Waals surface area contributed by atoms with Crippen LogP contribution in [0.1, 0.15) is 5.56 Å². The van der Waals surface area contributed by atoms with E-state index in [1.54, 1.807) is 6.07 Å². The standard InChI is InChI=1S/C7H7BBrF/c8-6-2-1-3-7(10)5(6)4-9/h1-3H,4,8H2. The van der Waals surface area contributed by atoms with Gasteiger partial charge >= 0.3 is 0 Å². The van der Waals surface area contributed by atoms with E-state index in [2.05, 4.69) is 15.9 Å². The van der Waals surface area contributed by atoms with E-state index >= 15 is 0 Å². The van der Waals surface area contributed by atoms with Crippen molar-refractivity contribution < 1.29 is 4.39 Å². The van der Waals surface area contributed by atoms with E-state index in [1.807, 2.05) is 13.9 Å². The smallest absolute Gasteiger partial charge is 0.139 e. The Labute approximate surface area is 69.0 Å². The Morgan fingerprint density at radius 2 is 2.20 bits per heavy atom. The summed E-state index contributed by atoms with van der Waals surface area (Å²) in [5.41, 5.74) is 1.75. The topological polar surface area (TPSA) is 0 Å². The third kappa shape index (κ3) is 1.40. The van der Waals surface area contributed by atoms with Gasteiger partial charge in [-0.25, -0.2) is 4.39 Å². The molecule has 0 bridgehead atoms. The van der Waals surface area contributed by atoms with E-state index in [1.165, 1.54) is 6.07 Å². The highest BCUT2D eigenvalue weighted by Crippen LogP contribution is 2.06. The molecule has 0 N–H and O–H groups in total.